The molecule has 2 aromatic carbocycles. The average molecular weight is 295 g/mol. The number of nitrogens with zero attached hydrogens (tertiary/aromatic N) is 1. The number of benzene rings is 2. The Labute approximate surface area is 126 Å². The summed E-state index contributed by atoms with van der Waals surface area (Å²) in [5, 5.41) is 11.9. The molecular weight excluding hydrogens is 282 g/mol. The lowest BCUT2D eigenvalue weighted by atomic mass is 10.1. The third-order valence-electron chi connectivity index (χ3n) is 3.16. The molecule has 3 rings (SSSR count). The van der Waals surface area contributed by atoms with Gasteiger partial charge in [0.05, 0.1) is 12.1 Å². The Morgan fingerprint density at radius 3 is 2.52 bits per heavy atom. The fourth-order valence-corrected chi connectivity index (χ4v) is 3.07. The summed E-state index contributed by atoms with van der Waals surface area (Å²) in [5.41, 5.74) is 3.67. The molecule has 0 aliphatic heterocycles. The third kappa shape index (κ3) is 3.01. The summed E-state index contributed by atoms with van der Waals surface area (Å²) in [4.78, 5) is 15.6. The minimum absolute atomic E-state index is 0.0103. The molecule has 1 N–H and O–H groups in total. The van der Waals surface area contributed by atoms with Crippen molar-refractivity contribution in [3.8, 4) is 21.8 Å². The van der Waals surface area contributed by atoms with Crippen molar-refractivity contribution in [1.82, 2.24) is 4.98 Å². The van der Waals surface area contributed by atoms with Crippen LogP contribution in [0.2, 0.25) is 0 Å². The van der Waals surface area contributed by atoms with E-state index in [1.54, 1.807) is 0 Å². The van der Waals surface area contributed by atoms with Crippen LogP contribution in [0.4, 0.5) is 0 Å². The van der Waals surface area contributed by atoms with Crippen LogP contribution < -0.4 is 0 Å². The van der Waals surface area contributed by atoms with Gasteiger partial charge in [0.15, 0.2) is 0 Å². The van der Waals surface area contributed by atoms with Crippen LogP contribution in [0.25, 0.3) is 21.8 Å². The van der Waals surface area contributed by atoms with Crippen molar-refractivity contribution >= 4 is 17.3 Å². The molecule has 0 unspecified atom stereocenters. The summed E-state index contributed by atoms with van der Waals surface area (Å²) in [7, 11) is 0. The predicted octanol–water partition coefficient (Wildman–Crippen LogP) is 4.10. The molecule has 3 aromatic rings. The standard InChI is InChI=1S/C17H13NO2S/c19-16(20)10-13-8-4-5-9-14(13)17-18-15(11-21-17)12-6-2-1-3-7-12/h1-9,11H,10H2,(H,19,20). The molecule has 0 atom stereocenters. The van der Waals surface area contributed by atoms with E-state index in [1.165, 1.54) is 11.3 Å². The second-order valence-electron chi connectivity index (χ2n) is 4.63. The second-order valence-corrected chi connectivity index (χ2v) is 5.49. The molecule has 0 bridgehead atoms. The van der Waals surface area contributed by atoms with Crippen LogP contribution in [0, 0.1) is 0 Å². The van der Waals surface area contributed by atoms with Crippen LogP contribution in [0.5, 0.6) is 0 Å². The van der Waals surface area contributed by atoms with Crippen LogP contribution in [0.3, 0.4) is 0 Å². The van der Waals surface area contributed by atoms with Gasteiger partial charge in [-0.1, -0.05) is 54.6 Å². The zero-order chi connectivity index (χ0) is 14.7. The highest BCUT2D eigenvalue weighted by molar-refractivity contribution is 7.13. The van der Waals surface area contributed by atoms with Gasteiger partial charge in [0, 0.05) is 16.5 Å². The zero-order valence-corrected chi connectivity index (χ0v) is 12.0. The maximum atomic E-state index is 11.0. The Hall–Kier alpha value is -2.46. The fourth-order valence-electron chi connectivity index (χ4n) is 2.18. The zero-order valence-electron chi connectivity index (χ0n) is 11.2. The molecule has 0 spiro atoms. The van der Waals surface area contributed by atoms with Crippen molar-refractivity contribution in [2.24, 2.45) is 0 Å². The normalized spacial score (nSPS) is 10.5. The van der Waals surface area contributed by atoms with Crippen molar-refractivity contribution in [3.63, 3.8) is 0 Å². The van der Waals surface area contributed by atoms with Crippen molar-refractivity contribution < 1.29 is 9.90 Å². The molecule has 3 nitrogen and oxygen atoms in total. The number of aromatic nitrogens is 1. The Bertz CT molecular complexity index is 765. The van der Waals surface area contributed by atoms with Crippen molar-refractivity contribution in [3.05, 3.63) is 65.5 Å². The minimum Gasteiger partial charge on any atom is -0.481 e. The first-order chi connectivity index (χ1) is 10.2. The average Bonchev–Trinajstić information content (AvgIpc) is 2.98. The monoisotopic (exact) mass is 295 g/mol. The van der Waals surface area contributed by atoms with Gasteiger partial charge in [-0.2, -0.15) is 0 Å². The van der Waals surface area contributed by atoms with E-state index in [4.69, 9.17) is 5.11 Å². The molecule has 0 saturated heterocycles. The first kappa shape index (κ1) is 13.5. The van der Waals surface area contributed by atoms with E-state index in [1.807, 2.05) is 60.0 Å². The summed E-state index contributed by atoms with van der Waals surface area (Å²) in [5.74, 6) is -0.831. The summed E-state index contributed by atoms with van der Waals surface area (Å²) < 4.78 is 0. The van der Waals surface area contributed by atoms with Crippen LogP contribution in [-0.2, 0) is 11.2 Å². The maximum absolute atomic E-state index is 11.0. The largest absolute Gasteiger partial charge is 0.481 e. The molecule has 104 valence electrons. The minimum atomic E-state index is -0.831. The van der Waals surface area contributed by atoms with Crippen LogP contribution in [-0.4, -0.2) is 16.1 Å². The molecule has 0 aliphatic rings. The molecule has 1 heterocycles. The van der Waals surface area contributed by atoms with Gasteiger partial charge >= 0.3 is 5.97 Å². The van der Waals surface area contributed by atoms with Gasteiger partial charge in [0.2, 0.25) is 0 Å². The summed E-state index contributed by atoms with van der Waals surface area (Å²) in [6.45, 7) is 0. The van der Waals surface area contributed by atoms with E-state index in [9.17, 15) is 4.79 Å². The SMILES string of the molecule is O=C(O)Cc1ccccc1-c1nc(-c2ccccc2)cs1. The second kappa shape index (κ2) is 5.89. The Balaban J connectivity index is 1.99. The first-order valence-corrected chi connectivity index (χ1v) is 7.43. The summed E-state index contributed by atoms with van der Waals surface area (Å²) in [6.07, 6.45) is 0.0103. The number of carbonyl (C=O) groups is 1. The van der Waals surface area contributed by atoms with E-state index in [0.29, 0.717) is 0 Å². The third-order valence-corrected chi connectivity index (χ3v) is 4.04. The van der Waals surface area contributed by atoms with E-state index >= 15 is 0 Å². The molecule has 4 heteroatoms. The Morgan fingerprint density at radius 2 is 1.76 bits per heavy atom. The topological polar surface area (TPSA) is 50.2 Å². The van der Waals surface area contributed by atoms with Gasteiger partial charge in [-0.05, 0) is 5.56 Å². The Kier molecular flexibility index (Phi) is 3.79. The highest BCUT2D eigenvalue weighted by Gasteiger charge is 2.12. The highest BCUT2D eigenvalue weighted by Crippen LogP contribution is 2.31. The van der Waals surface area contributed by atoms with Crippen LogP contribution in [0.15, 0.2) is 60.0 Å². The van der Waals surface area contributed by atoms with E-state index < -0.39 is 5.97 Å². The molecule has 0 fully saturated rings. The van der Waals surface area contributed by atoms with Crippen molar-refractivity contribution in [2.45, 2.75) is 6.42 Å². The lowest BCUT2D eigenvalue weighted by molar-refractivity contribution is -0.136. The number of rotatable bonds is 4. The van der Waals surface area contributed by atoms with Gasteiger partial charge in [0.1, 0.15) is 5.01 Å². The van der Waals surface area contributed by atoms with E-state index in [2.05, 4.69) is 4.98 Å². The molecule has 0 amide bonds. The molecular formula is C17H13NO2S. The van der Waals surface area contributed by atoms with Crippen LogP contribution >= 0.6 is 11.3 Å². The van der Waals surface area contributed by atoms with Gasteiger partial charge in [-0.15, -0.1) is 11.3 Å². The first-order valence-electron chi connectivity index (χ1n) is 6.55. The van der Waals surface area contributed by atoms with Crippen molar-refractivity contribution in [1.29, 1.82) is 0 Å². The fraction of sp³-hybridized carbons (Fsp3) is 0.0588. The van der Waals surface area contributed by atoms with E-state index in [0.717, 1.165) is 27.4 Å². The number of hydrogen-bond donors (Lipinski definition) is 1. The number of thiazole rings is 1. The van der Waals surface area contributed by atoms with Gasteiger partial charge < -0.3 is 5.11 Å². The van der Waals surface area contributed by atoms with Gasteiger partial charge in [-0.25, -0.2) is 4.98 Å². The van der Waals surface area contributed by atoms with Crippen LogP contribution in [0.1, 0.15) is 5.56 Å². The highest BCUT2D eigenvalue weighted by atomic mass is 32.1. The molecule has 0 aliphatic carbocycles. The predicted molar refractivity (Wildman–Crippen MR) is 84.3 cm³/mol. The van der Waals surface area contributed by atoms with Gasteiger partial charge in [-0.3, -0.25) is 4.79 Å². The number of hydrogen-bond acceptors (Lipinski definition) is 3. The molecule has 0 radical (unpaired) electrons. The molecule has 0 saturated carbocycles. The lowest BCUT2D eigenvalue weighted by Crippen LogP contribution is -2.01. The quantitative estimate of drug-likeness (QED) is 0.788. The number of carboxylic acid groups (broad SMARTS) is 1. The maximum Gasteiger partial charge on any atom is 0.307 e. The van der Waals surface area contributed by atoms with Crippen molar-refractivity contribution in [2.75, 3.05) is 0 Å². The molecule has 1 aromatic heterocycles. The summed E-state index contributed by atoms with van der Waals surface area (Å²) >= 11 is 1.53. The number of aliphatic carboxylic acids is 1. The smallest absolute Gasteiger partial charge is 0.307 e. The molecule has 21 heavy (non-hydrogen) atoms. The lowest BCUT2D eigenvalue weighted by Gasteiger charge is -2.04. The van der Waals surface area contributed by atoms with Gasteiger partial charge in [0.25, 0.3) is 0 Å². The van der Waals surface area contributed by atoms with E-state index in [-0.39, 0.29) is 6.42 Å². The number of carboxylic acids is 1. The Morgan fingerprint density at radius 1 is 1.05 bits per heavy atom. The summed E-state index contributed by atoms with van der Waals surface area (Å²) in [6, 6.07) is 17.5.